The summed E-state index contributed by atoms with van der Waals surface area (Å²) in [6.07, 6.45) is 0. The fraction of sp³-hybridized carbons (Fsp3) is 0.273. The number of benzene rings is 2. The molecule has 0 unspecified atom stereocenters. The Kier molecular flexibility index (Phi) is 6.56. The highest BCUT2D eigenvalue weighted by atomic mass is 35.5. The summed E-state index contributed by atoms with van der Waals surface area (Å²) in [4.78, 5) is 26.9. The molecule has 7 heteroatoms. The second-order valence-corrected chi connectivity index (χ2v) is 6.93. The summed E-state index contributed by atoms with van der Waals surface area (Å²) in [6.45, 7) is 2.88. The van der Waals surface area contributed by atoms with Gasteiger partial charge in [0.15, 0.2) is 0 Å². The number of carbonyl (C=O) groups is 2. The van der Waals surface area contributed by atoms with Crippen LogP contribution in [-0.4, -0.2) is 48.6 Å². The molecule has 1 aliphatic heterocycles. The highest BCUT2D eigenvalue weighted by molar-refractivity contribution is 6.46. The lowest BCUT2D eigenvalue weighted by Gasteiger charge is -2.25. The van der Waals surface area contributed by atoms with E-state index in [0.29, 0.717) is 28.5 Å². The van der Waals surface area contributed by atoms with Crippen molar-refractivity contribution >= 4 is 29.1 Å². The summed E-state index contributed by atoms with van der Waals surface area (Å²) in [6, 6.07) is 12.8. The van der Waals surface area contributed by atoms with Crippen LogP contribution >= 0.6 is 11.6 Å². The number of likely N-dealkylation sites (tertiary alicyclic amines) is 1. The zero-order valence-electron chi connectivity index (χ0n) is 16.2. The summed E-state index contributed by atoms with van der Waals surface area (Å²) in [5.41, 5.74) is 1.15. The average molecular weight is 416 g/mol. The van der Waals surface area contributed by atoms with E-state index in [-0.39, 0.29) is 24.5 Å². The van der Waals surface area contributed by atoms with Crippen molar-refractivity contribution in [1.82, 2.24) is 4.90 Å². The van der Waals surface area contributed by atoms with Crippen LogP contribution in [0.1, 0.15) is 24.1 Å². The van der Waals surface area contributed by atoms with Crippen LogP contribution in [-0.2, 0) is 14.3 Å². The number of methoxy groups -OCH3 is 1. The summed E-state index contributed by atoms with van der Waals surface area (Å²) < 4.78 is 10.5. The molecule has 2 aromatic carbocycles. The van der Waals surface area contributed by atoms with Gasteiger partial charge in [-0.3, -0.25) is 9.59 Å². The van der Waals surface area contributed by atoms with E-state index in [0.717, 1.165) is 0 Å². The minimum Gasteiger partial charge on any atom is -0.507 e. The Morgan fingerprint density at radius 1 is 1.10 bits per heavy atom. The van der Waals surface area contributed by atoms with Gasteiger partial charge in [-0.2, -0.15) is 0 Å². The molecule has 1 aliphatic rings. The number of ketones is 1. The van der Waals surface area contributed by atoms with Gasteiger partial charge in [0.25, 0.3) is 11.7 Å². The van der Waals surface area contributed by atoms with Crippen LogP contribution in [0.3, 0.4) is 0 Å². The molecular weight excluding hydrogens is 394 g/mol. The predicted molar refractivity (Wildman–Crippen MR) is 110 cm³/mol. The van der Waals surface area contributed by atoms with Gasteiger partial charge in [0.1, 0.15) is 11.5 Å². The molecule has 3 rings (SSSR count). The molecule has 1 amide bonds. The molecule has 2 aromatic rings. The van der Waals surface area contributed by atoms with E-state index in [1.54, 1.807) is 48.5 Å². The third kappa shape index (κ3) is 4.28. The summed E-state index contributed by atoms with van der Waals surface area (Å²) in [5.74, 6) is -0.980. The summed E-state index contributed by atoms with van der Waals surface area (Å²) >= 11 is 5.99. The topological polar surface area (TPSA) is 76.1 Å². The number of ether oxygens (including phenoxy) is 2. The van der Waals surface area contributed by atoms with Crippen molar-refractivity contribution in [3.63, 3.8) is 0 Å². The van der Waals surface area contributed by atoms with Crippen molar-refractivity contribution in [2.45, 2.75) is 13.0 Å². The molecule has 0 spiro atoms. The molecule has 0 aliphatic carbocycles. The largest absolute Gasteiger partial charge is 0.507 e. The van der Waals surface area contributed by atoms with Crippen molar-refractivity contribution in [3.05, 3.63) is 70.3 Å². The second-order valence-electron chi connectivity index (χ2n) is 6.49. The maximum Gasteiger partial charge on any atom is 0.295 e. The van der Waals surface area contributed by atoms with Crippen LogP contribution in [0.4, 0.5) is 0 Å². The van der Waals surface area contributed by atoms with Gasteiger partial charge in [-0.15, -0.1) is 0 Å². The van der Waals surface area contributed by atoms with Gasteiger partial charge in [-0.1, -0.05) is 23.7 Å². The van der Waals surface area contributed by atoms with Gasteiger partial charge >= 0.3 is 0 Å². The molecule has 0 aromatic heterocycles. The number of Topliss-reactive ketones (excluding diaryl/α,β-unsaturated/α-hetero) is 1. The Morgan fingerprint density at radius 3 is 2.34 bits per heavy atom. The average Bonchev–Trinajstić information content (AvgIpc) is 2.98. The standard InChI is InChI=1S/C22H22ClNO5/c1-3-29-17-10-6-15(7-11-17)20(25)18-19(14-4-8-16(23)9-5-14)24(12-13-28-2)22(27)21(18)26/h4-11,19,25H,3,12-13H2,1-2H3/t19-/m0/s1. The third-order valence-corrected chi connectivity index (χ3v) is 4.95. The molecule has 6 nitrogen and oxygen atoms in total. The fourth-order valence-electron chi connectivity index (χ4n) is 3.32. The Bertz CT molecular complexity index is 921. The Morgan fingerprint density at radius 2 is 1.76 bits per heavy atom. The van der Waals surface area contributed by atoms with Crippen LogP contribution in [0.25, 0.3) is 5.76 Å². The number of aliphatic hydroxyl groups excluding tert-OH is 1. The van der Waals surface area contributed by atoms with E-state index < -0.39 is 17.7 Å². The number of aliphatic hydroxyl groups is 1. The molecule has 152 valence electrons. The number of rotatable bonds is 7. The lowest BCUT2D eigenvalue weighted by atomic mass is 9.95. The van der Waals surface area contributed by atoms with Crippen LogP contribution in [0.15, 0.2) is 54.1 Å². The molecule has 1 N–H and O–H groups in total. The van der Waals surface area contributed by atoms with Crippen molar-refractivity contribution in [2.75, 3.05) is 26.9 Å². The van der Waals surface area contributed by atoms with Crippen LogP contribution in [0, 0.1) is 0 Å². The lowest BCUT2D eigenvalue weighted by Crippen LogP contribution is -2.32. The van der Waals surface area contributed by atoms with Crippen LogP contribution in [0.5, 0.6) is 5.75 Å². The van der Waals surface area contributed by atoms with Gasteiger partial charge in [0.2, 0.25) is 0 Å². The second kappa shape index (κ2) is 9.11. The van der Waals surface area contributed by atoms with E-state index in [2.05, 4.69) is 0 Å². The lowest BCUT2D eigenvalue weighted by molar-refractivity contribution is -0.140. The maximum atomic E-state index is 12.8. The van der Waals surface area contributed by atoms with Gasteiger partial charge in [0.05, 0.1) is 24.8 Å². The number of hydrogen-bond acceptors (Lipinski definition) is 5. The normalized spacial score (nSPS) is 18.3. The number of halogens is 1. The van der Waals surface area contributed by atoms with E-state index in [9.17, 15) is 14.7 Å². The van der Waals surface area contributed by atoms with E-state index in [1.807, 2.05) is 6.92 Å². The monoisotopic (exact) mass is 415 g/mol. The molecule has 0 saturated carbocycles. The fourth-order valence-corrected chi connectivity index (χ4v) is 3.45. The first kappa shape index (κ1) is 20.9. The van der Waals surface area contributed by atoms with E-state index >= 15 is 0 Å². The van der Waals surface area contributed by atoms with Crippen molar-refractivity contribution in [2.24, 2.45) is 0 Å². The van der Waals surface area contributed by atoms with Crippen molar-refractivity contribution in [3.8, 4) is 5.75 Å². The number of hydrogen-bond donors (Lipinski definition) is 1. The molecule has 1 heterocycles. The van der Waals surface area contributed by atoms with E-state index in [4.69, 9.17) is 21.1 Å². The highest BCUT2D eigenvalue weighted by Gasteiger charge is 2.45. The van der Waals surface area contributed by atoms with Gasteiger partial charge < -0.3 is 19.5 Å². The SMILES string of the molecule is CCOc1ccc(C(O)=C2C(=O)C(=O)N(CCOC)[C@H]2c2ccc(Cl)cc2)cc1. The molecule has 1 fully saturated rings. The quantitative estimate of drug-likeness (QED) is 0.423. The zero-order chi connectivity index (χ0) is 21.0. The maximum absolute atomic E-state index is 12.8. The van der Waals surface area contributed by atoms with Crippen LogP contribution < -0.4 is 4.74 Å². The van der Waals surface area contributed by atoms with E-state index in [1.165, 1.54) is 12.0 Å². The Labute approximate surface area is 174 Å². The molecule has 29 heavy (non-hydrogen) atoms. The minimum atomic E-state index is -0.729. The number of nitrogens with zero attached hydrogens (tertiary/aromatic N) is 1. The van der Waals surface area contributed by atoms with Gasteiger partial charge in [-0.25, -0.2) is 0 Å². The predicted octanol–water partition coefficient (Wildman–Crippen LogP) is 3.81. The smallest absolute Gasteiger partial charge is 0.295 e. The third-order valence-electron chi connectivity index (χ3n) is 4.70. The number of amides is 1. The van der Waals surface area contributed by atoms with Gasteiger partial charge in [0, 0.05) is 24.2 Å². The first-order chi connectivity index (χ1) is 14.0. The summed E-state index contributed by atoms with van der Waals surface area (Å²) in [5, 5.41) is 11.5. The molecule has 0 bridgehead atoms. The number of carbonyl (C=O) groups excluding carboxylic acids is 2. The first-order valence-corrected chi connectivity index (χ1v) is 9.61. The van der Waals surface area contributed by atoms with Crippen molar-refractivity contribution < 1.29 is 24.2 Å². The minimum absolute atomic E-state index is 0.0394. The van der Waals surface area contributed by atoms with Crippen LogP contribution in [0.2, 0.25) is 5.02 Å². The van der Waals surface area contributed by atoms with Crippen molar-refractivity contribution in [1.29, 1.82) is 0 Å². The molecular formula is C22H22ClNO5. The Hall–Kier alpha value is -2.83. The first-order valence-electron chi connectivity index (χ1n) is 9.24. The Balaban J connectivity index is 2.09. The van der Waals surface area contributed by atoms with Gasteiger partial charge in [-0.05, 0) is 48.9 Å². The zero-order valence-corrected chi connectivity index (χ0v) is 17.0. The summed E-state index contributed by atoms with van der Waals surface area (Å²) in [7, 11) is 1.52. The molecule has 0 radical (unpaired) electrons. The molecule has 1 saturated heterocycles. The highest BCUT2D eigenvalue weighted by Crippen LogP contribution is 2.39. The molecule has 1 atom stereocenters.